The molecule has 0 bridgehead atoms. The fraction of sp³-hybridized carbons (Fsp3) is 0.600. The molecule has 0 aliphatic rings. The molecule has 19 heavy (non-hydrogen) atoms. The molecule has 1 nitrogen and oxygen atoms in total. The lowest BCUT2D eigenvalue weighted by Gasteiger charge is -2.23. The molecule has 0 spiro atoms. The fourth-order valence-electron chi connectivity index (χ4n) is 2.38. The maximum atomic E-state index is 12.8. The summed E-state index contributed by atoms with van der Waals surface area (Å²) in [6.07, 6.45) is -2.21. The van der Waals surface area contributed by atoms with Crippen LogP contribution in [0.4, 0.5) is 13.2 Å². The van der Waals surface area contributed by atoms with E-state index < -0.39 is 11.7 Å². The maximum absolute atomic E-state index is 12.8. The molecular weight excluding hydrogens is 251 g/mol. The van der Waals surface area contributed by atoms with Gasteiger partial charge >= 0.3 is 6.18 Å². The van der Waals surface area contributed by atoms with Crippen LogP contribution in [0, 0.1) is 5.92 Å². The molecule has 1 rings (SSSR count). The number of hydrogen-bond acceptors (Lipinski definition) is 1. The van der Waals surface area contributed by atoms with Crippen LogP contribution in [-0.2, 0) is 12.7 Å². The Kier molecular flexibility index (Phi) is 5.85. The van der Waals surface area contributed by atoms with Gasteiger partial charge in [0.15, 0.2) is 0 Å². The Morgan fingerprint density at radius 2 is 1.68 bits per heavy atom. The topological polar surface area (TPSA) is 12.0 Å². The summed E-state index contributed by atoms with van der Waals surface area (Å²) < 4.78 is 38.5. The number of rotatable bonds is 6. The Labute approximate surface area is 113 Å². The fourth-order valence-corrected chi connectivity index (χ4v) is 2.38. The number of hydrogen-bond donors (Lipinski definition) is 1. The molecule has 1 atom stereocenters. The van der Waals surface area contributed by atoms with E-state index in [1.807, 2.05) is 6.92 Å². The zero-order chi connectivity index (χ0) is 14.5. The van der Waals surface area contributed by atoms with Gasteiger partial charge in [-0.15, -0.1) is 0 Å². The van der Waals surface area contributed by atoms with Crippen LogP contribution >= 0.6 is 0 Å². The van der Waals surface area contributed by atoms with E-state index >= 15 is 0 Å². The summed E-state index contributed by atoms with van der Waals surface area (Å²) in [6.45, 7) is 6.51. The highest BCUT2D eigenvalue weighted by molar-refractivity contribution is 5.29. The first kappa shape index (κ1) is 16.0. The monoisotopic (exact) mass is 273 g/mol. The van der Waals surface area contributed by atoms with Gasteiger partial charge in [-0.05, 0) is 24.5 Å². The molecule has 108 valence electrons. The van der Waals surface area contributed by atoms with Crippen molar-refractivity contribution in [1.82, 2.24) is 5.32 Å². The average molecular weight is 273 g/mol. The standard InChI is InChI=1S/C15H22F3N/c1-4-12(5-2)11(3)19-10-13-8-6-7-9-14(13)15(16,17)18/h6-9,11-12,19H,4-5,10H2,1-3H3. The van der Waals surface area contributed by atoms with Crippen molar-refractivity contribution in [3.05, 3.63) is 35.4 Å². The molecular formula is C15H22F3N. The van der Waals surface area contributed by atoms with Crippen molar-refractivity contribution in [2.24, 2.45) is 5.92 Å². The summed E-state index contributed by atoms with van der Waals surface area (Å²) in [4.78, 5) is 0. The summed E-state index contributed by atoms with van der Waals surface area (Å²) >= 11 is 0. The summed E-state index contributed by atoms with van der Waals surface area (Å²) in [5.74, 6) is 0.498. The van der Waals surface area contributed by atoms with E-state index in [1.165, 1.54) is 12.1 Å². The molecule has 0 radical (unpaired) electrons. The third kappa shape index (κ3) is 4.53. The highest BCUT2D eigenvalue weighted by Crippen LogP contribution is 2.31. The Hall–Kier alpha value is -1.03. The summed E-state index contributed by atoms with van der Waals surface area (Å²) in [5.41, 5.74) is -0.230. The van der Waals surface area contributed by atoms with Crippen molar-refractivity contribution in [2.45, 2.75) is 52.4 Å². The van der Waals surface area contributed by atoms with Gasteiger partial charge < -0.3 is 5.32 Å². The second-order valence-electron chi connectivity index (χ2n) is 4.90. The summed E-state index contributed by atoms with van der Waals surface area (Å²) in [5, 5.41) is 3.21. The van der Waals surface area contributed by atoms with E-state index in [1.54, 1.807) is 6.07 Å². The minimum absolute atomic E-state index is 0.219. The predicted octanol–water partition coefficient (Wildman–Crippen LogP) is 4.62. The molecule has 0 aliphatic heterocycles. The van der Waals surface area contributed by atoms with Crippen LogP contribution in [0.5, 0.6) is 0 Å². The molecule has 0 amide bonds. The molecule has 1 aromatic rings. The second-order valence-corrected chi connectivity index (χ2v) is 4.90. The molecule has 0 saturated heterocycles. The van der Waals surface area contributed by atoms with Crippen molar-refractivity contribution in [3.8, 4) is 0 Å². The third-order valence-electron chi connectivity index (χ3n) is 3.69. The summed E-state index contributed by atoms with van der Waals surface area (Å²) in [7, 11) is 0. The molecule has 0 fully saturated rings. The van der Waals surface area contributed by atoms with E-state index in [-0.39, 0.29) is 12.6 Å². The third-order valence-corrected chi connectivity index (χ3v) is 3.69. The smallest absolute Gasteiger partial charge is 0.310 e. The zero-order valence-corrected chi connectivity index (χ0v) is 11.7. The first-order valence-corrected chi connectivity index (χ1v) is 6.78. The van der Waals surface area contributed by atoms with Gasteiger partial charge in [0.25, 0.3) is 0 Å². The summed E-state index contributed by atoms with van der Waals surface area (Å²) in [6, 6.07) is 5.97. The van der Waals surface area contributed by atoms with Crippen LogP contribution in [0.3, 0.4) is 0 Å². The minimum atomic E-state index is -4.28. The largest absolute Gasteiger partial charge is 0.416 e. The molecule has 1 unspecified atom stereocenters. The molecule has 0 saturated carbocycles. The number of alkyl halides is 3. The van der Waals surface area contributed by atoms with E-state index in [0.29, 0.717) is 11.5 Å². The van der Waals surface area contributed by atoms with E-state index in [2.05, 4.69) is 19.2 Å². The zero-order valence-electron chi connectivity index (χ0n) is 11.7. The van der Waals surface area contributed by atoms with Crippen LogP contribution in [0.2, 0.25) is 0 Å². The van der Waals surface area contributed by atoms with Gasteiger partial charge in [0.05, 0.1) is 5.56 Å². The number of benzene rings is 1. The van der Waals surface area contributed by atoms with Crippen molar-refractivity contribution in [1.29, 1.82) is 0 Å². The first-order valence-electron chi connectivity index (χ1n) is 6.78. The highest BCUT2D eigenvalue weighted by atomic mass is 19.4. The minimum Gasteiger partial charge on any atom is -0.310 e. The Morgan fingerprint density at radius 1 is 1.11 bits per heavy atom. The van der Waals surface area contributed by atoms with E-state index in [0.717, 1.165) is 18.9 Å². The number of nitrogens with one attached hydrogen (secondary N) is 1. The normalized spacial score (nSPS) is 13.8. The predicted molar refractivity (Wildman–Crippen MR) is 71.8 cm³/mol. The van der Waals surface area contributed by atoms with E-state index in [9.17, 15) is 13.2 Å². The lowest BCUT2D eigenvalue weighted by molar-refractivity contribution is -0.138. The van der Waals surface area contributed by atoms with Crippen molar-refractivity contribution >= 4 is 0 Å². The van der Waals surface area contributed by atoms with Gasteiger partial charge in [-0.25, -0.2) is 0 Å². The van der Waals surface area contributed by atoms with Crippen LogP contribution < -0.4 is 5.32 Å². The molecule has 0 aromatic heterocycles. The lowest BCUT2D eigenvalue weighted by Crippen LogP contribution is -2.33. The lowest BCUT2D eigenvalue weighted by atomic mass is 9.95. The van der Waals surface area contributed by atoms with Gasteiger partial charge in [-0.3, -0.25) is 0 Å². The highest BCUT2D eigenvalue weighted by Gasteiger charge is 2.32. The van der Waals surface area contributed by atoms with Crippen LogP contribution in [0.1, 0.15) is 44.7 Å². The van der Waals surface area contributed by atoms with Gasteiger partial charge in [-0.2, -0.15) is 13.2 Å². The maximum Gasteiger partial charge on any atom is 0.416 e. The molecule has 1 aromatic carbocycles. The van der Waals surface area contributed by atoms with Gasteiger partial charge in [-0.1, -0.05) is 44.9 Å². The van der Waals surface area contributed by atoms with Gasteiger partial charge in [0, 0.05) is 12.6 Å². The van der Waals surface area contributed by atoms with Crippen LogP contribution in [0.15, 0.2) is 24.3 Å². The average Bonchev–Trinajstić information content (AvgIpc) is 2.37. The Morgan fingerprint density at radius 3 is 2.21 bits per heavy atom. The SMILES string of the molecule is CCC(CC)C(C)NCc1ccccc1C(F)(F)F. The van der Waals surface area contributed by atoms with Crippen molar-refractivity contribution in [2.75, 3.05) is 0 Å². The van der Waals surface area contributed by atoms with Crippen molar-refractivity contribution < 1.29 is 13.2 Å². The second kappa shape index (κ2) is 6.94. The van der Waals surface area contributed by atoms with Gasteiger partial charge in [0.1, 0.15) is 0 Å². The molecule has 0 heterocycles. The Balaban J connectivity index is 2.73. The first-order chi connectivity index (χ1) is 8.90. The van der Waals surface area contributed by atoms with Gasteiger partial charge in [0.2, 0.25) is 0 Å². The molecule has 0 aliphatic carbocycles. The van der Waals surface area contributed by atoms with Crippen LogP contribution in [0.25, 0.3) is 0 Å². The molecule has 1 N–H and O–H groups in total. The van der Waals surface area contributed by atoms with E-state index in [4.69, 9.17) is 0 Å². The van der Waals surface area contributed by atoms with Crippen molar-refractivity contribution in [3.63, 3.8) is 0 Å². The Bertz CT molecular complexity index is 383. The number of halogens is 3. The quantitative estimate of drug-likeness (QED) is 0.797. The van der Waals surface area contributed by atoms with Crippen LogP contribution in [-0.4, -0.2) is 6.04 Å². The molecule has 4 heteroatoms.